The van der Waals surface area contributed by atoms with E-state index >= 15 is 0 Å². The fourth-order valence-electron chi connectivity index (χ4n) is 1.51. The minimum atomic E-state index is -0.856. The highest BCUT2D eigenvalue weighted by Crippen LogP contribution is 2.10. The van der Waals surface area contributed by atoms with E-state index in [1.54, 1.807) is 14.0 Å². The van der Waals surface area contributed by atoms with Crippen LogP contribution in [0.5, 0.6) is 5.75 Å². The van der Waals surface area contributed by atoms with Crippen LogP contribution in [0.3, 0.4) is 0 Å². The summed E-state index contributed by atoms with van der Waals surface area (Å²) >= 11 is 0. The van der Waals surface area contributed by atoms with Crippen molar-refractivity contribution < 1.29 is 19.4 Å². The van der Waals surface area contributed by atoms with Gasteiger partial charge in [-0.15, -0.1) is 0 Å². The molecule has 0 radical (unpaired) electrons. The number of carboxylic acid groups (broad SMARTS) is 1. The molecule has 6 nitrogen and oxygen atoms in total. The van der Waals surface area contributed by atoms with Gasteiger partial charge in [-0.1, -0.05) is 19.1 Å². The Morgan fingerprint density at radius 2 is 1.90 bits per heavy atom. The molecule has 0 fully saturated rings. The number of hydrogen-bond donors (Lipinski definition) is 3. The van der Waals surface area contributed by atoms with Gasteiger partial charge in [-0.25, -0.2) is 4.79 Å². The third-order valence-electron chi connectivity index (χ3n) is 2.90. The summed E-state index contributed by atoms with van der Waals surface area (Å²) in [6.45, 7) is 2.35. The Bertz CT molecular complexity index is 445. The zero-order chi connectivity index (χ0) is 15.0. The van der Waals surface area contributed by atoms with Crippen LogP contribution in [0.4, 0.5) is 4.79 Å². The summed E-state index contributed by atoms with van der Waals surface area (Å²) in [5.41, 5.74) is 0.958. The van der Waals surface area contributed by atoms with Crippen molar-refractivity contribution in [2.45, 2.75) is 19.9 Å². The topological polar surface area (TPSA) is 87.7 Å². The zero-order valence-electron chi connectivity index (χ0n) is 11.7. The first kappa shape index (κ1) is 15.8. The number of aliphatic carboxylic acids is 1. The molecule has 6 heteroatoms. The highest BCUT2D eigenvalue weighted by Gasteiger charge is 2.10. The molecule has 0 spiro atoms. The van der Waals surface area contributed by atoms with Crippen LogP contribution in [0.1, 0.15) is 18.9 Å². The van der Waals surface area contributed by atoms with Gasteiger partial charge in [0.15, 0.2) is 0 Å². The molecule has 1 aromatic carbocycles. The highest BCUT2D eigenvalue weighted by molar-refractivity contribution is 5.74. The molecule has 110 valence electrons. The maximum atomic E-state index is 11.5. The lowest BCUT2D eigenvalue weighted by Gasteiger charge is -2.09. The number of hydrogen-bond acceptors (Lipinski definition) is 3. The third-order valence-corrected chi connectivity index (χ3v) is 2.90. The van der Waals surface area contributed by atoms with Crippen molar-refractivity contribution in [1.29, 1.82) is 0 Å². The van der Waals surface area contributed by atoms with E-state index in [0.717, 1.165) is 11.3 Å². The van der Waals surface area contributed by atoms with Crippen LogP contribution < -0.4 is 15.4 Å². The summed E-state index contributed by atoms with van der Waals surface area (Å²) in [4.78, 5) is 22.1. The minimum Gasteiger partial charge on any atom is -0.497 e. The van der Waals surface area contributed by atoms with Crippen LogP contribution in [0.15, 0.2) is 24.3 Å². The summed E-state index contributed by atoms with van der Waals surface area (Å²) < 4.78 is 5.04. The number of rotatable bonds is 7. The molecular weight excluding hydrogens is 260 g/mol. The Hall–Kier alpha value is -2.24. The summed E-state index contributed by atoms with van der Waals surface area (Å²) in [7, 11) is 1.60. The predicted molar refractivity (Wildman–Crippen MR) is 74.6 cm³/mol. The number of methoxy groups -OCH3 is 1. The summed E-state index contributed by atoms with van der Waals surface area (Å²) in [6, 6.07) is 7.07. The molecule has 1 atom stereocenters. The Kier molecular flexibility index (Phi) is 6.36. The quantitative estimate of drug-likeness (QED) is 0.708. The monoisotopic (exact) mass is 280 g/mol. The summed E-state index contributed by atoms with van der Waals surface area (Å²) in [6.07, 6.45) is 0.408. The van der Waals surface area contributed by atoms with Gasteiger partial charge in [-0.2, -0.15) is 0 Å². The van der Waals surface area contributed by atoms with Crippen molar-refractivity contribution in [3.05, 3.63) is 29.8 Å². The number of carboxylic acids is 1. The number of nitrogens with one attached hydrogen (secondary N) is 2. The molecule has 20 heavy (non-hydrogen) atoms. The van der Waals surface area contributed by atoms with Crippen molar-refractivity contribution in [2.75, 3.05) is 13.7 Å². The van der Waals surface area contributed by atoms with Crippen LogP contribution in [0.25, 0.3) is 0 Å². The number of benzene rings is 1. The number of carbonyl (C=O) groups excluding carboxylic acids is 1. The van der Waals surface area contributed by atoms with Crippen molar-refractivity contribution in [2.24, 2.45) is 5.92 Å². The van der Waals surface area contributed by atoms with Gasteiger partial charge in [-0.3, -0.25) is 4.79 Å². The summed E-state index contributed by atoms with van der Waals surface area (Å²) in [5.74, 6) is -0.553. The molecule has 0 aliphatic heterocycles. The highest BCUT2D eigenvalue weighted by atomic mass is 16.5. The van der Waals surface area contributed by atoms with Crippen molar-refractivity contribution in [1.82, 2.24) is 10.6 Å². The van der Waals surface area contributed by atoms with Gasteiger partial charge in [-0.05, 0) is 24.1 Å². The summed E-state index contributed by atoms with van der Waals surface area (Å²) in [5, 5.41) is 14.0. The number of urea groups is 1. The molecule has 3 N–H and O–H groups in total. The van der Waals surface area contributed by atoms with E-state index in [2.05, 4.69) is 10.6 Å². The van der Waals surface area contributed by atoms with Crippen molar-refractivity contribution in [3.8, 4) is 5.75 Å². The first-order chi connectivity index (χ1) is 9.52. The van der Waals surface area contributed by atoms with Crippen LogP contribution in [0, 0.1) is 5.92 Å². The molecule has 0 aliphatic carbocycles. The van der Waals surface area contributed by atoms with Crippen LogP contribution in [0.2, 0.25) is 0 Å². The van der Waals surface area contributed by atoms with Crippen molar-refractivity contribution >= 4 is 12.0 Å². The standard InChI is InChI=1S/C14H20N2O4/c1-10(13(17)18)7-8-15-14(19)16-9-11-3-5-12(20-2)6-4-11/h3-6,10H,7-9H2,1-2H3,(H,17,18)(H2,15,16,19). The van der Waals surface area contributed by atoms with Gasteiger partial charge in [0.25, 0.3) is 0 Å². The third kappa shape index (κ3) is 5.60. The van der Waals surface area contributed by atoms with Crippen LogP contribution in [-0.2, 0) is 11.3 Å². The molecular formula is C14H20N2O4. The molecule has 1 rings (SSSR count). The van der Waals surface area contributed by atoms with Gasteiger partial charge < -0.3 is 20.5 Å². The number of amides is 2. The van der Waals surface area contributed by atoms with Gasteiger partial charge >= 0.3 is 12.0 Å². The van der Waals surface area contributed by atoms with Gasteiger partial charge in [0.1, 0.15) is 5.75 Å². The molecule has 0 aromatic heterocycles. The zero-order valence-corrected chi connectivity index (χ0v) is 11.7. The maximum Gasteiger partial charge on any atom is 0.315 e. The smallest absolute Gasteiger partial charge is 0.315 e. The fraction of sp³-hybridized carbons (Fsp3) is 0.429. The number of carbonyl (C=O) groups is 2. The van der Waals surface area contributed by atoms with Gasteiger partial charge in [0, 0.05) is 13.1 Å². The SMILES string of the molecule is COc1ccc(CNC(=O)NCCC(C)C(=O)O)cc1. The molecule has 0 heterocycles. The second-order valence-electron chi connectivity index (χ2n) is 4.49. The first-order valence-corrected chi connectivity index (χ1v) is 6.40. The van der Waals surface area contributed by atoms with E-state index in [0.29, 0.717) is 19.5 Å². The second-order valence-corrected chi connectivity index (χ2v) is 4.49. The number of ether oxygens (including phenoxy) is 1. The first-order valence-electron chi connectivity index (χ1n) is 6.40. The van der Waals surface area contributed by atoms with E-state index in [1.165, 1.54) is 0 Å². The molecule has 1 aromatic rings. The second kappa shape index (κ2) is 8.04. The van der Waals surface area contributed by atoms with E-state index in [-0.39, 0.29) is 6.03 Å². The molecule has 0 aliphatic rings. The Morgan fingerprint density at radius 3 is 2.45 bits per heavy atom. The van der Waals surface area contributed by atoms with Gasteiger partial charge in [0.05, 0.1) is 13.0 Å². The predicted octanol–water partition coefficient (Wildman–Crippen LogP) is 1.61. The lowest BCUT2D eigenvalue weighted by atomic mass is 10.1. The van der Waals surface area contributed by atoms with E-state index in [9.17, 15) is 9.59 Å². The van der Waals surface area contributed by atoms with Crippen LogP contribution in [-0.4, -0.2) is 30.8 Å². The Balaban J connectivity index is 2.23. The largest absolute Gasteiger partial charge is 0.497 e. The molecule has 1 unspecified atom stereocenters. The van der Waals surface area contributed by atoms with Crippen LogP contribution >= 0.6 is 0 Å². The fourth-order valence-corrected chi connectivity index (χ4v) is 1.51. The average Bonchev–Trinajstić information content (AvgIpc) is 2.45. The van der Waals surface area contributed by atoms with E-state index < -0.39 is 11.9 Å². The maximum absolute atomic E-state index is 11.5. The van der Waals surface area contributed by atoms with E-state index in [4.69, 9.17) is 9.84 Å². The normalized spacial score (nSPS) is 11.5. The molecule has 0 saturated heterocycles. The average molecular weight is 280 g/mol. The minimum absolute atomic E-state index is 0.307. The molecule has 0 saturated carbocycles. The lowest BCUT2D eigenvalue weighted by Crippen LogP contribution is -2.36. The van der Waals surface area contributed by atoms with E-state index in [1.807, 2.05) is 24.3 Å². The molecule has 0 bridgehead atoms. The Morgan fingerprint density at radius 1 is 1.25 bits per heavy atom. The molecule has 2 amide bonds. The van der Waals surface area contributed by atoms with Gasteiger partial charge in [0.2, 0.25) is 0 Å². The van der Waals surface area contributed by atoms with Crippen molar-refractivity contribution in [3.63, 3.8) is 0 Å². The Labute approximate surface area is 118 Å². The lowest BCUT2D eigenvalue weighted by molar-refractivity contribution is -0.141.